The van der Waals surface area contributed by atoms with Gasteiger partial charge in [-0.3, -0.25) is 4.99 Å². The number of guanidine groups is 1. The highest BCUT2D eigenvalue weighted by Crippen LogP contribution is 2.31. The van der Waals surface area contributed by atoms with Gasteiger partial charge in [0.15, 0.2) is 5.96 Å². The summed E-state index contributed by atoms with van der Waals surface area (Å²) in [5, 5.41) is 6.91. The summed E-state index contributed by atoms with van der Waals surface area (Å²) in [6, 6.07) is 9.26. The van der Waals surface area contributed by atoms with Crippen molar-refractivity contribution in [2.75, 3.05) is 32.7 Å². The number of aryl methyl sites for hydroxylation is 2. The largest absolute Gasteiger partial charge is 0.357 e. The van der Waals surface area contributed by atoms with E-state index in [1.807, 2.05) is 6.07 Å². The number of hydrogen-bond acceptors (Lipinski definition) is 3. The molecule has 0 spiro atoms. The van der Waals surface area contributed by atoms with Crippen molar-refractivity contribution in [2.45, 2.75) is 52.1 Å². The average Bonchev–Trinajstić information content (AvgIpc) is 3.35. The average molecular weight is 383 g/mol. The smallest absolute Gasteiger partial charge is 0.191 e. The molecule has 0 radical (unpaired) electrons. The van der Waals surface area contributed by atoms with E-state index in [1.165, 1.54) is 37.9 Å². The molecule has 1 aromatic heterocycles. The van der Waals surface area contributed by atoms with E-state index in [2.05, 4.69) is 57.1 Å². The maximum atomic E-state index is 4.86. The van der Waals surface area contributed by atoms with Crippen molar-refractivity contribution in [1.29, 1.82) is 0 Å². The van der Waals surface area contributed by atoms with Crippen LogP contribution in [0.25, 0.3) is 11.0 Å². The number of para-hydroxylation sites is 2. The zero-order valence-electron chi connectivity index (χ0n) is 17.3. The first kappa shape index (κ1) is 19.2. The van der Waals surface area contributed by atoms with Crippen LogP contribution in [0.3, 0.4) is 0 Å². The Kier molecular flexibility index (Phi) is 6.15. The number of fused-ring (bicyclic) bond motifs is 1. The maximum Gasteiger partial charge on any atom is 0.191 e. The summed E-state index contributed by atoms with van der Waals surface area (Å²) in [5.41, 5.74) is 2.31. The number of nitrogens with zero attached hydrogens (tertiary/aromatic N) is 4. The normalized spacial score (nSPS) is 20.8. The van der Waals surface area contributed by atoms with Crippen LogP contribution in [0.15, 0.2) is 29.3 Å². The van der Waals surface area contributed by atoms with Gasteiger partial charge in [0.25, 0.3) is 0 Å². The van der Waals surface area contributed by atoms with Gasteiger partial charge in [-0.25, -0.2) is 4.98 Å². The summed E-state index contributed by atoms with van der Waals surface area (Å²) < 4.78 is 2.31. The van der Waals surface area contributed by atoms with Crippen LogP contribution < -0.4 is 10.6 Å². The zero-order chi connectivity index (χ0) is 19.3. The lowest BCUT2D eigenvalue weighted by Gasteiger charge is -2.15. The summed E-state index contributed by atoms with van der Waals surface area (Å²) in [5.74, 6) is 2.76. The van der Waals surface area contributed by atoms with E-state index in [-0.39, 0.29) is 0 Å². The Balaban J connectivity index is 1.25. The molecule has 2 N–H and O–H groups in total. The van der Waals surface area contributed by atoms with Gasteiger partial charge in [0.2, 0.25) is 0 Å². The third kappa shape index (κ3) is 4.66. The van der Waals surface area contributed by atoms with Gasteiger partial charge in [0, 0.05) is 38.8 Å². The predicted molar refractivity (Wildman–Crippen MR) is 116 cm³/mol. The Hall–Kier alpha value is -2.08. The number of likely N-dealkylation sites (tertiary alicyclic amines) is 1. The number of nitrogens with one attached hydrogen (secondary N) is 2. The summed E-state index contributed by atoms with van der Waals surface area (Å²) in [4.78, 5) is 12.2. The van der Waals surface area contributed by atoms with Crippen molar-refractivity contribution in [3.63, 3.8) is 0 Å². The number of aliphatic imine (C=N–C) groups is 1. The minimum Gasteiger partial charge on any atom is -0.357 e. The topological polar surface area (TPSA) is 57.5 Å². The van der Waals surface area contributed by atoms with Crippen molar-refractivity contribution in [3.05, 3.63) is 30.1 Å². The Morgan fingerprint density at radius 1 is 1.21 bits per heavy atom. The first-order valence-corrected chi connectivity index (χ1v) is 10.9. The molecule has 152 valence electrons. The van der Waals surface area contributed by atoms with Crippen LogP contribution >= 0.6 is 0 Å². The number of hydrogen-bond donors (Lipinski definition) is 2. The van der Waals surface area contributed by atoms with E-state index in [0.29, 0.717) is 0 Å². The molecule has 1 aliphatic carbocycles. The lowest BCUT2D eigenvalue weighted by molar-refractivity contribution is 0.315. The Labute approximate surface area is 168 Å². The highest BCUT2D eigenvalue weighted by molar-refractivity contribution is 5.79. The second-order valence-electron chi connectivity index (χ2n) is 8.18. The molecule has 2 aromatic rings. The molecule has 2 aliphatic rings. The summed E-state index contributed by atoms with van der Waals surface area (Å²) >= 11 is 0. The summed E-state index contributed by atoms with van der Waals surface area (Å²) in [7, 11) is 0. The fourth-order valence-electron chi connectivity index (χ4n) is 4.27. The Morgan fingerprint density at radius 3 is 2.89 bits per heavy atom. The van der Waals surface area contributed by atoms with Crippen molar-refractivity contribution in [1.82, 2.24) is 25.1 Å². The van der Waals surface area contributed by atoms with Crippen LogP contribution in [0.1, 0.15) is 38.4 Å². The minimum atomic E-state index is 0.719. The van der Waals surface area contributed by atoms with Gasteiger partial charge in [0.1, 0.15) is 5.82 Å². The standard InChI is InChI=1S/C22H34N6/c1-3-23-22(25-15-18-11-14-27(16-18)19-9-10-19)24-12-6-13-28-17(2)26-20-7-4-5-8-21(20)28/h4-5,7-8,18-19H,3,6,9-16H2,1-2H3,(H2,23,24,25). The summed E-state index contributed by atoms with van der Waals surface area (Å²) in [6.07, 6.45) is 5.16. The molecule has 28 heavy (non-hydrogen) atoms. The van der Waals surface area contributed by atoms with E-state index in [4.69, 9.17) is 4.99 Å². The van der Waals surface area contributed by atoms with E-state index in [0.717, 1.165) is 61.9 Å². The van der Waals surface area contributed by atoms with Crippen LogP contribution in [0.5, 0.6) is 0 Å². The van der Waals surface area contributed by atoms with Crippen molar-refractivity contribution in [2.24, 2.45) is 10.9 Å². The van der Waals surface area contributed by atoms with Gasteiger partial charge in [-0.05, 0) is 64.1 Å². The van der Waals surface area contributed by atoms with Gasteiger partial charge in [-0.1, -0.05) is 12.1 Å². The lowest BCUT2D eigenvalue weighted by atomic mass is 10.1. The second-order valence-corrected chi connectivity index (χ2v) is 8.18. The van der Waals surface area contributed by atoms with Crippen molar-refractivity contribution in [3.8, 4) is 0 Å². The fraction of sp³-hybridized carbons (Fsp3) is 0.636. The third-order valence-electron chi connectivity index (χ3n) is 5.93. The lowest BCUT2D eigenvalue weighted by Crippen LogP contribution is -2.38. The maximum absolute atomic E-state index is 4.86. The molecule has 1 aromatic carbocycles. The number of aromatic nitrogens is 2. The number of benzene rings is 1. The molecule has 1 atom stereocenters. The minimum absolute atomic E-state index is 0.719. The highest BCUT2D eigenvalue weighted by atomic mass is 15.2. The van der Waals surface area contributed by atoms with Gasteiger partial charge >= 0.3 is 0 Å². The van der Waals surface area contributed by atoms with E-state index in [1.54, 1.807) is 0 Å². The third-order valence-corrected chi connectivity index (χ3v) is 5.93. The fourth-order valence-corrected chi connectivity index (χ4v) is 4.27. The van der Waals surface area contributed by atoms with Gasteiger partial charge in [-0.2, -0.15) is 0 Å². The molecular weight excluding hydrogens is 348 g/mol. The second kappa shape index (κ2) is 8.95. The van der Waals surface area contributed by atoms with Crippen LogP contribution in [0, 0.1) is 12.8 Å². The first-order valence-electron chi connectivity index (χ1n) is 10.9. The molecule has 1 unspecified atom stereocenters. The van der Waals surface area contributed by atoms with Crippen LogP contribution in [0.2, 0.25) is 0 Å². The Bertz CT molecular complexity index is 806. The monoisotopic (exact) mass is 382 g/mol. The highest BCUT2D eigenvalue weighted by Gasteiger charge is 2.34. The quantitative estimate of drug-likeness (QED) is 0.419. The SMILES string of the molecule is CCNC(=NCC1CCN(C2CC2)C1)NCCCn1c(C)nc2ccccc21. The molecular formula is C22H34N6. The molecule has 1 aliphatic heterocycles. The molecule has 2 fully saturated rings. The van der Waals surface area contributed by atoms with E-state index in [9.17, 15) is 0 Å². The molecule has 2 heterocycles. The first-order chi connectivity index (χ1) is 13.7. The van der Waals surface area contributed by atoms with E-state index >= 15 is 0 Å². The molecule has 1 saturated heterocycles. The molecule has 4 rings (SSSR count). The van der Waals surface area contributed by atoms with Crippen LogP contribution in [-0.4, -0.2) is 59.2 Å². The number of imidazole rings is 1. The van der Waals surface area contributed by atoms with Gasteiger partial charge < -0.3 is 20.1 Å². The van der Waals surface area contributed by atoms with Gasteiger partial charge in [-0.15, -0.1) is 0 Å². The predicted octanol–water partition coefficient (Wildman–Crippen LogP) is 2.77. The van der Waals surface area contributed by atoms with Crippen molar-refractivity contribution >= 4 is 17.0 Å². The van der Waals surface area contributed by atoms with Crippen LogP contribution in [0.4, 0.5) is 0 Å². The molecule has 0 bridgehead atoms. The van der Waals surface area contributed by atoms with E-state index < -0.39 is 0 Å². The number of rotatable bonds is 8. The molecule has 6 nitrogen and oxygen atoms in total. The molecule has 1 saturated carbocycles. The Morgan fingerprint density at radius 2 is 2.07 bits per heavy atom. The van der Waals surface area contributed by atoms with Crippen molar-refractivity contribution < 1.29 is 0 Å². The van der Waals surface area contributed by atoms with Gasteiger partial charge in [0.05, 0.1) is 11.0 Å². The zero-order valence-corrected chi connectivity index (χ0v) is 17.3. The molecule has 0 amide bonds. The van der Waals surface area contributed by atoms with Crippen LogP contribution in [-0.2, 0) is 6.54 Å². The molecule has 6 heteroatoms. The summed E-state index contributed by atoms with van der Waals surface area (Å²) in [6.45, 7) is 10.4.